The van der Waals surface area contributed by atoms with Gasteiger partial charge in [0.25, 0.3) is 5.91 Å². The number of aromatic nitrogens is 3. The number of primary amides is 1. The number of benzene rings is 2. The summed E-state index contributed by atoms with van der Waals surface area (Å²) < 4.78 is 5.74. The number of amides is 1. The van der Waals surface area contributed by atoms with Crippen LogP contribution in [0.1, 0.15) is 35.7 Å². The summed E-state index contributed by atoms with van der Waals surface area (Å²) in [5.74, 6) is 1.14. The van der Waals surface area contributed by atoms with Gasteiger partial charge in [-0.05, 0) is 66.9 Å². The summed E-state index contributed by atoms with van der Waals surface area (Å²) in [5, 5.41) is 7.81. The zero-order valence-corrected chi connectivity index (χ0v) is 22.2. The Morgan fingerprint density at radius 3 is 2.84 bits per heavy atom. The van der Waals surface area contributed by atoms with Gasteiger partial charge in [0.2, 0.25) is 11.5 Å². The van der Waals surface area contributed by atoms with Crippen LogP contribution in [-0.2, 0) is 0 Å². The summed E-state index contributed by atoms with van der Waals surface area (Å²) in [7, 11) is 1.66. The summed E-state index contributed by atoms with van der Waals surface area (Å²) in [6.07, 6.45) is 6.32. The third kappa shape index (κ3) is 5.44. The largest absolute Gasteiger partial charge is 0.493 e. The fraction of sp³-hybridized carbons (Fsp3) is 0.250. The van der Waals surface area contributed by atoms with Crippen molar-refractivity contribution in [1.82, 2.24) is 14.9 Å². The Morgan fingerprint density at radius 2 is 2.05 bits per heavy atom. The quantitative estimate of drug-likeness (QED) is 0.237. The number of hydrogen-bond acceptors (Lipinski definition) is 6. The highest BCUT2D eigenvalue weighted by Gasteiger charge is 2.20. The van der Waals surface area contributed by atoms with Gasteiger partial charge in [0.1, 0.15) is 5.69 Å². The molecule has 10 heteroatoms. The molecule has 2 aromatic heterocycles. The van der Waals surface area contributed by atoms with Crippen LogP contribution in [0.15, 0.2) is 54.7 Å². The summed E-state index contributed by atoms with van der Waals surface area (Å²) >= 11 is 6.08. The van der Waals surface area contributed by atoms with E-state index in [-0.39, 0.29) is 5.56 Å². The number of carbonyl (C=O) groups excluding carboxylic acids is 1. The molecule has 0 atom stereocenters. The number of halogens is 1. The van der Waals surface area contributed by atoms with Gasteiger partial charge in [-0.25, -0.2) is 4.98 Å². The molecule has 0 fully saturated rings. The van der Waals surface area contributed by atoms with E-state index in [0.29, 0.717) is 28.2 Å². The fourth-order valence-electron chi connectivity index (χ4n) is 4.74. The Morgan fingerprint density at radius 1 is 1.21 bits per heavy atom. The van der Waals surface area contributed by atoms with Crippen molar-refractivity contribution in [3.63, 3.8) is 0 Å². The highest BCUT2D eigenvalue weighted by molar-refractivity contribution is 6.31. The second-order valence-electron chi connectivity index (χ2n) is 9.21. The topological polar surface area (TPSA) is 122 Å². The summed E-state index contributed by atoms with van der Waals surface area (Å²) in [4.78, 5) is 25.7. The number of methoxy groups -OCH3 is 1. The van der Waals surface area contributed by atoms with Crippen molar-refractivity contribution in [1.29, 1.82) is 0 Å². The van der Waals surface area contributed by atoms with Crippen molar-refractivity contribution in [3.8, 4) is 5.75 Å². The van der Waals surface area contributed by atoms with Crippen LogP contribution in [0.3, 0.4) is 0 Å². The average molecular weight is 533 g/mol. The fourth-order valence-corrected chi connectivity index (χ4v) is 4.92. The van der Waals surface area contributed by atoms with E-state index in [1.54, 1.807) is 19.2 Å². The van der Waals surface area contributed by atoms with Crippen LogP contribution in [0.25, 0.3) is 16.6 Å². The summed E-state index contributed by atoms with van der Waals surface area (Å²) in [5.41, 5.74) is 10.3. The number of nitrogens with two attached hydrogens (primary N) is 1. The van der Waals surface area contributed by atoms with E-state index in [2.05, 4.69) is 50.6 Å². The molecule has 5 rings (SSSR count). The first kappa shape index (κ1) is 25.6. The molecule has 2 aromatic carbocycles. The third-order valence-corrected chi connectivity index (χ3v) is 6.80. The van der Waals surface area contributed by atoms with E-state index in [1.807, 2.05) is 18.3 Å². The molecule has 6 N–H and O–H groups in total. The van der Waals surface area contributed by atoms with E-state index >= 15 is 0 Å². The van der Waals surface area contributed by atoms with Gasteiger partial charge in [0.15, 0.2) is 5.75 Å². The van der Waals surface area contributed by atoms with E-state index in [4.69, 9.17) is 27.1 Å². The molecule has 4 aromatic rings. The number of H-pyrrole nitrogens is 2. The van der Waals surface area contributed by atoms with Crippen molar-refractivity contribution >= 4 is 57.3 Å². The number of ether oxygens (including phenoxy) is 1. The molecule has 3 heterocycles. The highest BCUT2D eigenvalue weighted by atomic mass is 35.5. The normalized spacial score (nSPS) is 13.8. The first-order valence-corrected chi connectivity index (χ1v) is 13.0. The van der Waals surface area contributed by atoms with Crippen LogP contribution in [0, 0.1) is 0 Å². The van der Waals surface area contributed by atoms with Gasteiger partial charge in [0.05, 0.1) is 23.7 Å². The van der Waals surface area contributed by atoms with Crippen molar-refractivity contribution in [2.24, 2.45) is 5.73 Å². The minimum atomic E-state index is -0.586. The van der Waals surface area contributed by atoms with Gasteiger partial charge in [-0.15, -0.1) is 0 Å². The number of carbonyl (C=O) groups is 1. The van der Waals surface area contributed by atoms with Crippen molar-refractivity contribution in [2.45, 2.75) is 19.8 Å². The maximum absolute atomic E-state index is 12.0. The third-order valence-electron chi connectivity index (χ3n) is 6.56. The molecule has 1 aliphatic rings. The Hall–Kier alpha value is -4.08. The number of hydrogen-bond donors (Lipinski definition) is 4. The molecule has 38 heavy (non-hydrogen) atoms. The van der Waals surface area contributed by atoms with Gasteiger partial charge in [0, 0.05) is 24.3 Å². The Labute approximate surface area is 226 Å². The molecule has 1 amide bonds. The van der Waals surface area contributed by atoms with Gasteiger partial charge in [-0.2, -0.15) is 0 Å². The molecule has 0 saturated carbocycles. The molecule has 9 nitrogen and oxygen atoms in total. The predicted octanol–water partition coefficient (Wildman–Crippen LogP) is 5.12. The highest BCUT2D eigenvalue weighted by Crippen LogP contribution is 2.33. The zero-order chi connectivity index (χ0) is 26.6. The van der Waals surface area contributed by atoms with Gasteiger partial charge in [-0.1, -0.05) is 35.7 Å². The van der Waals surface area contributed by atoms with Crippen molar-refractivity contribution in [3.05, 3.63) is 70.9 Å². The average Bonchev–Trinajstić information content (AvgIpc) is 3.39. The van der Waals surface area contributed by atoms with Crippen LogP contribution < -0.4 is 26.1 Å². The number of aromatic amines is 2. The lowest BCUT2D eigenvalue weighted by Crippen LogP contribution is -2.30. The van der Waals surface area contributed by atoms with E-state index < -0.39 is 5.91 Å². The Kier molecular flexibility index (Phi) is 7.48. The second kappa shape index (κ2) is 11.1. The molecule has 196 valence electrons. The molecule has 0 saturated heterocycles. The Bertz CT molecular complexity index is 1510. The standard InChI is InChI=1S/C28H30ClN7O2/c1-3-12-36-13-4-5-18(16-36)17-6-8-23(24(14-17)38-2)33-28-34-26-20(10-11-31-26)27(35-28)32-22-9-7-19(29)15-21(22)25(30)37/h5-11,14-15H,3-4,12-13,16H2,1-2H3,(H2,30,37)(H3,31,32,33,34,35)/p+1. The monoisotopic (exact) mass is 532 g/mol. The predicted molar refractivity (Wildman–Crippen MR) is 152 cm³/mol. The van der Waals surface area contributed by atoms with Gasteiger partial charge < -0.3 is 15.8 Å². The van der Waals surface area contributed by atoms with Crippen LogP contribution in [0.4, 0.5) is 23.1 Å². The molecular formula is C28H31ClN7O2+. The minimum absolute atomic E-state index is 0.275. The SMILES string of the molecule is CCCN1CCC=C(c2ccc(Nc3nc(Nc4ccc(Cl)cc4C(N)=O)c4cc[nH]c4[nH+]3)c(OC)c2)C1. The van der Waals surface area contributed by atoms with Crippen LogP contribution >= 0.6 is 11.6 Å². The number of anilines is 4. The van der Waals surface area contributed by atoms with Crippen LogP contribution in [0.2, 0.25) is 5.02 Å². The minimum Gasteiger partial charge on any atom is -0.493 e. The van der Waals surface area contributed by atoms with Gasteiger partial charge in [-0.3, -0.25) is 20.0 Å². The molecule has 0 aliphatic carbocycles. The molecule has 0 unspecified atom stereocenters. The molecular weight excluding hydrogens is 502 g/mol. The van der Waals surface area contributed by atoms with Crippen LogP contribution in [-0.4, -0.2) is 47.5 Å². The van der Waals surface area contributed by atoms with E-state index in [1.165, 1.54) is 11.6 Å². The van der Waals surface area contributed by atoms with E-state index in [9.17, 15) is 4.79 Å². The smallest absolute Gasteiger partial charge is 0.351 e. The van der Waals surface area contributed by atoms with E-state index in [0.717, 1.165) is 54.8 Å². The Balaban J connectivity index is 1.44. The number of nitrogens with zero attached hydrogens (tertiary/aromatic N) is 2. The first-order chi connectivity index (χ1) is 18.4. The zero-order valence-electron chi connectivity index (χ0n) is 21.4. The number of fused-ring (bicyclic) bond motifs is 1. The molecule has 0 bridgehead atoms. The lowest BCUT2D eigenvalue weighted by molar-refractivity contribution is -0.333. The van der Waals surface area contributed by atoms with Gasteiger partial charge >= 0.3 is 5.95 Å². The summed E-state index contributed by atoms with van der Waals surface area (Å²) in [6.45, 7) is 5.36. The van der Waals surface area contributed by atoms with Crippen LogP contribution in [0.5, 0.6) is 5.75 Å². The number of rotatable bonds is 9. The molecule has 1 aliphatic heterocycles. The number of nitrogens with one attached hydrogen (secondary N) is 4. The second-order valence-corrected chi connectivity index (χ2v) is 9.65. The first-order valence-electron chi connectivity index (χ1n) is 12.6. The molecule has 0 radical (unpaired) electrons. The lowest BCUT2D eigenvalue weighted by atomic mass is 10.00. The maximum atomic E-state index is 12.0. The summed E-state index contributed by atoms with van der Waals surface area (Å²) in [6, 6.07) is 13.0. The van der Waals surface area contributed by atoms with Crippen molar-refractivity contribution in [2.75, 3.05) is 37.4 Å². The molecule has 0 spiro atoms. The van der Waals surface area contributed by atoms with Crippen molar-refractivity contribution < 1.29 is 14.5 Å². The maximum Gasteiger partial charge on any atom is 0.351 e. The lowest BCUT2D eigenvalue weighted by Gasteiger charge is -2.27.